The fourth-order valence-corrected chi connectivity index (χ4v) is 4.78. The minimum atomic E-state index is -4.49. The Labute approximate surface area is 203 Å². The standard InChI is InChI=1S/C24H26F3N5O4/c1-13-16(5-4-6-19(13)24(25,26)27)14(2)28-21-18-12-32(15-7-9-31(10-8-15)23(35)36)20(33)11-17(18)22(34)30(3)29-21/h4-6,11-12,14-15H,7-10H2,1-3H3,(H,28,29)(H,35,36)/t14-/m1/s1. The van der Waals surface area contributed by atoms with Crippen molar-refractivity contribution in [1.82, 2.24) is 19.2 Å². The van der Waals surface area contributed by atoms with Crippen molar-refractivity contribution in [3.05, 3.63) is 67.9 Å². The first-order valence-corrected chi connectivity index (χ1v) is 11.4. The summed E-state index contributed by atoms with van der Waals surface area (Å²) in [5.41, 5.74) is -1.10. The van der Waals surface area contributed by atoms with Gasteiger partial charge >= 0.3 is 12.3 Å². The Morgan fingerprint density at radius 2 is 1.86 bits per heavy atom. The molecule has 1 atom stereocenters. The normalized spacial score (nSPS) is 15.8. The van der Waals surface area contributed by atoms with Crippen LogP contribution in [0.3, 0.4) is 0 Å². The molecule has 0 unspecified atom stereocenters. The van der Waals surface area contributed by atoms with Gasteiger partial charge in [-0.15, -0.1) is 0 Å². The molecule has 0 aliphatic carbocycles. The SMILES string of the molecule is Cc1c([C@@H](C)Nc2nn(C)c(=O)c3cc(=O)n(C4CCN(C(=O)O)CC4)cc23)cccc1C(F)(F)F. The highest BCUT2D eigenvalue weighted by Gasteiger charge is 2.33. The van der Waals surface area contributed by atoms with Gasteiger partial charge in [-0.3, -0.25) is 9.59 Å². The van der Waals surface area contributed by atoms with Gasteiger partial charge in [0.15, 0.2) is 5.82 Å². The summed E-state index contributed by atoms with van der Waals surface area (Å²) in [6.45, 7) is 3.65. The first-order chi connectivity index (χ1) is 16.9. The summed E-state index contributed by atoms with van der Waals surface area (Å²) < 4.78 is 42.8. The molecule has 0 radical (unpaired) electrons. The monoisotopic (exact) mass is 505 g/mol. The summed E-state index contributed by atoms with van der Waals surface area (Å²) in [7, 11) is 1.43. The van der Waals surface area contributed by atoms with E-state index in [2.05, 4.69) is 10.4 Å². The number of nitrogens with zero attached hydrogens (tertiary/aromatic N) is 4. The Balaban J connectivity index is 1.75. The van der Waals surface area contributed by atoms with E-state index in [-0.39, 0.29) is 35.9 Å². The first-order valence-electron chi connectivity index (χ1n) is 11.4. The van der Waals surface area contributed by atoms with E-state index in [1.165, 1.54) is 41.8 Å². The van der Waals surface area contributed by atoms with Crippen LogP contribution in [0, 0.1) is 6.92 Å². The largest absolute Gasteiger partial charge is 0.465 e. The quantitative estimate of drug-likeness (QED) is 0.557. The van der Waals surface area contributed by atoms with Crippen LogP contribution in [0.4, 0.5) is 23.8 Å². The summed E-state index contributed by atoms with van der Waals surface area (Å²) in [6.07, 6.45) is -3.12. The molecule has 2 N–H and O–H groups in total. The van der Waals surface area contributed by atoms with Crippen molar-refractivity contribution in [2.75, 3.05) is 18.4 Å². The van der Waals surface area contributed by atoms with E-state index in [1.807, 2.05) is 0 Å². The lowest BCUT2D eigenvalue weighted by atomic mass is 9.97. The fraction of sp³-hybridized carbons (Fsp3) is 0.417. The number of fused-ring (bicyclic) bond motifs is 1. The van der Waals surface area contributed by atoms with Gasteiger partial charge in [-0.05, 0) is 43.9 Å². The maximum Gasteiger partial charge on any atom is 0.416 e. The number of nitrogens with one attached hydrogen (secondary N) is 1. The number of alkyl halides is 3. The molecule has 3 heterocycles. The molecular weight excluding hydrogens is 479 g/mol. The number of hydrogen-bond donors (Lipinski definition) is 2. The summed E-state index contributed by atoms with van der Waals surface area (Å²) >= 11 is 0. The Kier molecular flexibility index (Phi) is 6.54. The average Bonchev–Trinajstić information content (AvgIpc) is 2.81. The highest BCUT2D eigenvalue weighted by molar-refractivity contribution is 5.90. The highest BCUT2D eigenvalue weighted by Crippen LogP contribution is 2.35. The lowest BCUT2D eigenvalue weighted by Crippen LogP contribution is -2.40. The van der Waals surface area contributed by atoms with Crippen molar-refractivity contribution < 1.29 is 23.1 Å². The third-order valence-corrected chi connectivity index (χ3v) is 6.74. The number of likely N-dealkylation sites (tertiary alicyclic amines) is 1. The number of piperidine rings is 1. The zero-order chi connectivity index (χ0) is 26.4. The molecule has 1 saturated heterocycles. The predicted octanol–water partition coefficient (Wildman–Crippen LogP) is 3.91. The van der Waals surface area contributed by atoms with Gasteiger partial charge in [0.05, 0.1) is 17.0 Å². The summed E-state index contributed by atoms with van der Waals surface area (Å²) in [5.74, 6) is 0.244. The number of aryl methyl sites for hydroxylation is 1. The molecule has 3 aromatic rings. The van der Waals surface area contributed by atoms with Crippen LogP contribution in [0.15, 0.2) is 40.1 Å². The van der Waals surface area contributed by atoms with E-state index in [0.717, 1.165) is 10.7 Å². The van der Waals surface area contributed by atoms with Gasteiger partial charge in [0.2, 0.25) is 0 Å². The van der Waals surface area contributed by atoms with Gasteiger partial charge < -0.3 is 19.9 Å². The number of amides is 1. The molecule has 36 heavy (non-hydrogen) atoms. The number of pyridine rings is 1. The van der Waals surface area contributed by atoms with Crippen LogP contribution in [0.5, 0.6) is 0 Å². The van der Waals surface area contributed by atoms with Crippen molar-refractivity contribution in [2.45, 2.75) is 44.9 Å². The lowest BCUT2D eigenvalue weighted by Gasteiger charge is -2.31. The molecule has 0 bridgehead atoms. The third-order valence-electron chi connectivity index (χ3n) is 6.74. The van der Waals surface area contributed by atoms with Crippen LogP contribution < -0.4 is 16.4 Å². The molecule has 1 amide bonds. The zero-order valence-electron chi connectivity index (χ0n) is 20.0. The maximum atomic E-state index is 13.4. The Bertz CT molecular complexity index is 1440. The maximum absolute atomic E-state index is 13.4. The van der Waals surface area contributed by atoms with E-state index >= 15 is 0 Å². The third kappa shape index (κ3) is 4.67. The number of benzene rings is 1. The van der Waals surface area contributed by atoms with Gasteiger partial charge in [-0.25, -0.2) is 9.48 Å². The summed E-state index contributed by atoms with van der Waals surface area (Å²) in [5, 5.41) is 17.1. The highest BCUT2D eigenvalue weighted by atomic mass is 19.4. The van der Waals surface area contributed by atoms with Gasteiger partial charge in [0.1, 0.15) is 0 Å². The molecule has 1 aliphatic rings. The predicted molar refractivity (Wildman–Crippen MR) is 127 cm³/mol. The molecule has 0 spiro atoms. The van der Waals surface area contributed by atoms with Crippen molar-refractivity contribution in [2.24, 2.45) is 7.05 Å². The van der Waals surface area contributed by atoms with Gasteiger partial charge in [-0.1, -0.05) is 12.1 Å². The second-order valence-corrected chi connectivity index (χ2v) is 9.01. The van der Waals surface area contributed by atoms with Crippen molar-refractivity contribution in [3.63, 3.8) is 0 Å². The van der Waals surface area contributed by atoms with E-state index in [0.29, 0.717) is 23.8 Å². The Morgan fingerprint density at radius 1 is 1.19 bits per heavy atom. The minimum absolute atomic E-state index is 0.0845. The second-order valence-electron chi connectivity index (χ2n) is 9.01. The van der Waals surface area contributed by atoms with E-state index in [4.69, 9.17) is 0 Å². The average molecular weight is 505 g/mol. The number of halogens is 3. The van der Waals surface area contributed by atoms with E-state index in [1.54, 1.807) is 13.0 Å². The summed E-state index contributed by atoms with van der Waals surface area (Å²) in [4.78, 5) is 38.1. The molecule has 12 heteroatoms. The fourth-order valence-electron chi connectivity index (χ4n) is 4.78. The number of aromatic nitrogens is 3. The number of rotatable bonds is 4. The van der Waals surface area contributed by atoms with Crippen molar-refractivity contribution >= 4 is 22.7 Å². The number of anilines is 1. The molecule has 0 saturated carbocycles. The van der Waals surface area contributed by atoms with Crippen LogP contribution in [-0.4, -0.2) is 43.5 Å². The number of carboxylic acid groups (broad SMARTS) is 1. The number of hydrogen-bond acceptors (Lipinski definition) is 5. The number of carbonyl (C=O) groups is 1. The van der Waals surface area contributed by atoms with Crippen LogP contribution in [0.1, 0.15) is 48.5 Å². The van der Waals surface area contributed by atoms with Crippen LogP contribution in [0.2, 0.25) is 0 Å². The molecular formula is C24H26F3N5O4. The van der Waals surface area contributed by atoms with E-state index < -0.39 is 35.0 Å². The van der Waals surface area contributed by atoms with E-state index in [9.17, 15) is 32.7 Å². The lowest BCUT2D eigenvalue weighted by molar-refractivity contribution is -0.138. The summed E-state index contributed by atoms with van der Waals surface area (Å²) in [6, 6.07) is 4.33. The molecule has 9 nitrogen and oxygen atoms in total. The smallest absolute Gasteiger partial charge is 0.416 e. The second kappa shape index (κ2) is 9.32. The Hall–Kier alpha value is -3.83. The van der Waals surface area contributed by atoms with Crippen LogP contribution in [-0.2, 0) is 13.2 Å². The van der Waals surface area contributed by atoms with Crippen molar-refractivity contribution in [3.8, 4) is 0 Å². The van der Waals surface area contributed by atoms with Gasteiger partial charge in [0, 0.05) is 43.8 Å². The van der Waals surface area contributed by atoms with Crippen LogP contribution >= 0.6 is 0 Å². The minimum Gasteiger partial charge on any atom is -0.465 e. The van der Waals surface area contributed by atoms with Crippen molar-refractivity contribution in [1.29, 1.82) is 0 Å². The first kappa shape index (κ1) is 25.3. The molecule has 1 aromatic carbocycles. The Morgan fingerprint density at radius 3 is 2.47 bits per heavy atom. The molecule has 2 aromatic heterocycles. The molecule has 1 fully saturated rings. The molecule has 1 aliphatic heterocycles. The topological polar surface area (TPSA) is 109 Å². The van der Waals surface area contributed by atoms with Gasteiger partial charge in [0.25, 0.3) is 11.1 Å². The zero-order valence-corrected chi connectivity index (χ0v) is 20.0. The van der Waals surface area contributed by atoms with Crippen LogP contribution in [0.25, 0.3) is 10.8 Å². The molecule has 4 rings (SSSR count). The molecule has 192 valence electrons. The van der Waals surface area contributed by atoms with Gasteiger partial charge in [-0.2, -0.15) is 18.3 Å².